The first-order chi connectivity index (χ1) is 8.63. The average molecular weight is 251 g/mol. The van der Waals surface area contributed by atoms with Gasteiger partial charge in [-0.1, -0.05) is 27.2 Å². The summed E-state index contributed by atoms with van der Waals surface area (Å²) in [6.45, 7) is 10.7. The molecule has 1 heterocycles. The molecule has 1 aromatic rings. The first-order valence-electron chi connectivity index (χ1n) is 6.69. The molecule has 0 radical (unpaired) electrons. The van der Waals surface area contributed by atoms with Crippen LogP contribution >= 0.6 is 0 Å². The largest absolute Gasteiger partial charge is 0.356 e. The van der Waals surface area contributed by atoms with E-state index in [1.165, 1.54) is 0 Å². The summed E-state index contributed by atoms with van der Waals surface area (Å²) < 4.78 is 0. The predicted molar refractivity (Wildman–Crippen MR) is 76.6 cm³/mol. The Morgan fingerprint density at radius 1 is 1.33 bits per heavy atom. The second kappa shape index (κ2) is 7.16. The standard InChI is InChI=1S/C13H25N5/c1-5-7-11-12(17-14)15-9-16-13(11)18(6-2)8-10(3)4/h9-10H,5-8,14H2,1-4H3,(H,15,16,17). The van der Waals surface area contributed by atoms with E-state index in [2.05, 4.69) is 48.0 Å². The quantitative estimate of drug-likeness (QED) is 0.574. The summed E-state index contributed by atoms with van der Waals surface area (Å²) in [7, 11) is 0. The van der Waals surface area contributed by atoms with Gasteiger partial charge in [0.1, 0.15) is 18.0 Å². The summed E-state index contributed by atoms with van der Waals surface area (Å²) in [4.78, 5) is 10.9. The summed E-state index contributed by atoms with van der Waals surface area (Å²) in [5.41, 5.74) is 3.79. The Labute approximate surface area is 110 Å². The Hall–Kier alpha value is -1.36. The van der Waals surface area contributed by atoms with Crippen molar-refractivity contribution in [3.63, 3.8) is 0 Å². The Bertz CT molecular complexity index is 364. The van der Waals surface area contributed by atoms with Crippen molar-refractivity contribution in [2.75, 3.05) is 23.4 Å². The molecule has 18 heavy (non-hydrogen) atoms. The molecule has 0 aromatic carbocycles. The number of nitrogen functional groups attached to an aromatic ring is 1. The third-order valence-corrected chi connectivity index (χ3v) is 2.83. The molecule has 0 saturated heterocycles. The molecule has 102 valence electrons. The summed E-state index contributed by atoms with van der Waals surface area (Å²) in [5.74, 6) is 7.88. The maximum atomic E-state index is 5.53. The third-order valence-electron chi connectivity index (χ3n) is 2.83. The lowest BCUT2D eigenvalue weighted by molar-refractivity contribution is 0.611. The lowest BCUT2D eigenvalue weighted by atomic mass is 10.1. The molecule has 0 saturated carbocycles. The number of hydrazine groups is 1. The van der Waals surface area contributed by atoms with Gasteiger partial charge in [0.15, 0.2) is 0 Å². The Balaban J connectivity index is 3.11. The van der Waals surface area contributed by atoms with Gasteiger partial charge in [0.05, 0.1) is 0 Å². The minimum atomic E-state index is 0.601. The van der Waals surface area contributed by atoms with E-state index in [9.17, 15) is 0 Å². The zero-order valence-electron chi connectivity index (χ0n) is 11.9. The van der Waals surface area contributed by atoms with Gasteiger partial charge in [-0.05, 0) is 19.3 Å². The molecule has 1 rings (SSSR count). The number of aromatic nitrogens is 2. The Morgan fingerprint density at radius 3 is 2.56 bits per heavy atom. The second-order valence-corrected chi connectivity index (χ2v) is 4.85. The van der Waals surface area contributed by atoms with Crippen molar-refractivity contribution in [3.8, 4) is 0 Å². The van der Waals surface area contributed by atoms with Gasteiger partial charge < -0.3 is 10.3 Å². The van der Waals surface area contributed by atoms with E-state index in [1.807, 2.05) is 0 Å². The third kappa shape index (κ3) is 3.57. The van der Waals surface area contributed by atoms with Gasteiger partial charge in [-0.25, -0.2) is 15.8 Å². The van der Waals surface area contributed by atoms with Crippen LogP contribution in [0.25, 0.3) is 0 Å². The summed E-state index contributed by atoms with van der Waals surface area (Å²) in [6, 6.07) is 0. The highest BCUT2D eigenvalue weighted by Crippen LogP contribution is 2.24. The van der Waals surface area contributed by atoms with Crippen molar-refractivity contribution in [2.24, 2.45) is 11.8 Å². The van der Waals surface area contributed by atoms with Gasteiger partial charge in [0.25, 0.3) is 0 Å². The van der Waals surface area contributed by atoms with E-state index in [4.69, 9.17) is 5.84 Å². The van der Waals surface area contributed by atoms with Gasteiger partial charge >= 0.3 is 0 Å². The van der Waals surface area contributed by atoms with Crippen LogP contribution in [0.4, 0.5) is 11.6 Å². The van der Waals surface area contributed by atoms with Crippen molar-refractivity contribution in [3.05, 3.63) is 11.9 Å². The molecule has 5 heteroatoms. The number of nitrogens with zero attached hydrogens (tertiary/aromatic N) is 3. The molecule has 0 fully saturated rings. The molecule has 0 unspecified atom stereocenters. The first kappa shape index (κ1) is 14.7. The number of rotatable bonds is 7. The van der Waals surface area contributed by atoms with E-state index in [0.717, 1.165) is 43.1 Å². The number of anilines is 2. The number of nitrogens with two attached hydrogens (primary N) is 1. The van der Waals surface area contributed by atoms with Crippen LogP contribution in [0.5, 0.6) is 0 Å². The van der Waals surface area contributed by atoms with Gasteiger partial charge in [-0.15, -0.1) is 0 Å². The molecule has 0 aliphatic carbocycles. The lowest BCUT2D eigenvalue weighted by Gasteiger charge is -2.26. The molecule has 5 nitrogen and oxygen atoms in total. The lowest BCUT2D eigenvalue weighted by Crippen LogP contribution is -2.30. The minimum absolute atomic E-state index is 0.601. The van der Waals surface area contributed by atoms with E-state index < -0.39 is 0 Å². The van der Waals surface area contributed by atoms with Crippen LogP contribution in [0.15, 0.2) is 6.33 Å². The Kier molecular flexibility index (Phi) is 5.85. The van der Waals surface area contributed by atoms with Gasteiger partial charge in [-0.2, -0.15) is 0 Å². The highest BCUT2D eigenvalue weighted by atomic mass is 15.3. The van der Waals surface area contributed by atoms with Crippen molar-refractivity contribution in [2.45, 2.75) is 40.5 Å². The smallest absolute Gasteiger partial charge is 0.148 e. The number of nitrogens with one attached hydrogen (secondary N) is 1. The highest BCUT2D eigenvalue weighted by Gasteiger charge is 2.16. The van der Waals surface area contributed by atoms with Gasteiger partial charge in [0, 0.05) is 18.7 Å². The zero-order chi connectivity index (χ0) is 13.5. The van der Waals surface area contributed by atoms with Crippen LogP contribution in [0, 0.1) is 5.92 Å². The molecule has 0 amide bonds. The van der Waals surface area contributed by atoms with Gasteiger partial charge in [0.2, 0.25) is 0 Å². The monoisotopic (exact) mass is 251 g/mol. The van der Waals surface area contributed by atoms with E-state index in [0.29, 0.717) is 5.92 Å². The van der Waals surface area contributed by atoms with E-state index in [1.54, 1.807) is 6.33 Å². The molecule has 1 aromatic heterocycles. The van der Waals surface area contributed by atoms with Crippen LogP contribution in [-0.2, 0) is 6.42 Å². The van der Waals surface area contributed by atoms with Crippen LogP contribution < -0.4 is 16.2 Å². The van der Waals surface area contributed by atoms with Crippen LogP contribution in [-0.4, -0.2) is 23.1 Å². The molecule has 0 spiro atoms. The predicted octanol–water partition coefficient (Wildman–Crippen LogP) is 2.20. The molecule has 0 atom stereocenters. The second-order valence-electron chi connectivity index (χ2n) is 4.85. The minimum Gasteiger partial charge on any atom is -0.356 e. The van der Waals surface area contributed by atoms with Crippen LogP contribution in [0.2, 0.25) is 0 Å². The summed E-state index contributed by atoms with van der Waals surface area (Å²) >= 11 is 0. The average Bonchev–Trinajstić information content (AvgIpc) is 2.36. The molecule has 0 bridgehead atoms. The van der Waals surface area contributed by atoms with Crippen molar-refractivity contribution >= 4 is 11.6 Å². The SMILES string of the molecule is CCCc1c(NN)ncnc1N(CC)CC(C)C. The van der Waals surface area contributed by atoms with E-state index >= 15 is 0 Å². The molecular weight excluding hydrogens is 226 g/mol. The summed E-state index contributed by atoms with van der Waals surface area (Å²) in [5, 5.41) is 0. The van der Waals surface area contributed by atoms with Crippen LogP contribution in [0.1, 0.15) is 39.7 Å². The topological polar surface area (TPSA) is 67.1 Å². The summed E-state index contributed by atoms with van der Waals surface area (Å²) in [6.07, 6.45) is 3.56. The maximum Gasteiger partial charge on any atom is 0.148 e. The number of hydrogen-bond donors (Lipinski definition) is 2. The zero-order valence-corrected chi connectivity index (χ0v) is 11.9. The van der Waals surface area contributed by atoms with Crippen LogP contribution in [0.3, 0.4) is 0 Å². The fourth-order valence-electron chi connectivity index (χ4n) is 2.09. The maximum absolute atomic E-state index is 5.53. The Morgan fingerprint density at radius 2 is 2.06 bits per heavy atom. The van der Waals surface area contributed by atoms with Crippen molar-refractivity contribution in [1.29, 1.82) is 0 Å². The molecule has 0 aliphatic heterocycles. The van der Waals surface area contributed by atoms with Crippen molar-refractivity contribution < 1.29 is 0 Å². The fraction of sp³-hybridized carbons (Fsp3) is 0.692. The van der Waals surface area contributed by atoms with Crippen molar-refractivity contribution in [1.82, 2.24) is 9.97 Å². The fourth-order valence-corrected chi connectivity index (χ4v) is 2.09. The first-order valence-corrected chi connectivity index (χ1v) is 6.69. The highest BCUT2D eigenvalue weighted by molar-refractivity contribution is 5.58. The van der Waals surface area contributed by atoms with E-state index in [-0.39, 0.29) is 0 Å². The normalized spacial score (nSPS) is 10.8. The molecule has 3 N–H and O–H groups in total. The number of hydrogen-bond acceptors (Lipinski definition) is 5. The molecule has 0 aliphatic rings. The van der Waals surface area contributed by atoms with Gasteiger partial charge in [-0.3, -0.25) is 0 Å². The molecular formula is C13H25N5.